The molecule has 4 nitrogen and oxygen atoms in total. The van der Waals surface area contributed by atoms with Crippen molar-refractivity contribution in [2.24, 2.45) is 5.92 Å². The quantitative estimate of drug-likeness (QED) is 0.705. The summed E-state index contributed by atoms with van der Waals surface area (Å²) in [4.78, 5) is 8.32. The van der Waals surface area contributed by atoms with Crippen LogP contribution in [-0.4, -0.2) is 35.2 Å². The predicted molar refractivity (Wildman–Crippen MR) is 108 cm³/mol. The summed E-state index contributed by atoms with van der Waals surface area (Å²) in [5.74, 6) is 1.39. The van der Waals surface area contributed by atoms with E-state index in [0.29, 0.717) is 5.92 Å². The molecule has 27 heavy (non-hydrogen) atoms. The van der Waals surface area contributed by atoms with Crippen LogP contribution < -0.4 is 4.74 Å². The highest BCUT2D eigenvalue weighted by atomic mass is 35.5. The Morgan fingerprint density at radius 1 is 1.33 bits per heavy atom. The molecule has 3 aliphatic heterocycles. The smallest absolute Gasteiger partial charge is 0.126 e. The predicted octanol–water partition coefficient (Wildman–Crippen LogP) is 5.00. The van der Waals surface area contributed by atoms with Gasteiger partial charge in [0.1, 0.15) is 11.4 Å². The lowest BCUT2D eigenvalue weighted by Crippen LogP contribution is -2.57. The van der Waals surface area contributed by atoms with Crippen molar-refractivity contribution in [3.05, 3.63) is 44.9 Å². The van der Waals surface area contributed by atoms with Crippen LogP contribution in [0.4, 0.5) is 0 Å². The maximum atomic E-state index is 6.72. The highest BCUT2D eigenvalue weighted by Crippen LogP contribution is 2.53. The third kappa shape index (κ3) is 3.19. The van der Waals surface area contributed by atoms with E-state index >= 15 is 0 Å². The molecule has 0 saturated carbocycles. The summed E-state index contributed by atoms with van der Waals surface area (Å²) in [5, 5.41) is 0.760. The Balaban J connectivity index is 1.38. The number of halogens is 1. The summed E-state index contributed by atoms with van der Waals surface area (Å²) in [7, 11) is 0. The molecule has 2 saturated heterocycles. The van der Waals surface area contributed by atoms with Crippen LogP contribution in [0.2, 0.25) is 5.02 Å². The third-order valence-corrected chi connectivity index (χ3v) is 7.66. The summed E-state index contributed by atoms with van der Waals surface area (Å²) in [6.45, 7) is 6.06. The maximum Gasteiger partial charge on any atom is 0.126 e. The van der Waals surface area contributed by atoms with Gasteiger partial charge in [0.25, 0.3) is 0 Å². The van der Waals surface area contributed by atoms with Gasteiger partial charge in [0.05, 0.1) is 17.3 Å². The van der Waals surface area contributed by atoms with Crippen LogP contribution in [-0.2, 0) is 11.3 Å². The first-order valence-corrected chi connectivity index (χ1v) is 11.1. The minimum Gasteiger partial charge on any atom is -0.486 e. The lowest BCUT2D eigenvalue weighted by molar-refractivity contribution is -0.150. The first-order valence-electron chi connectivity index (χ1n) is 9.86. The van der Waals surface area contributed by atoms with E-state index in [1.807, 2.05) is 23.7 Å². The second kappa shape index (κ2) is 7.03. The molecule has 1 aromatic carbocycles. The van der Waals surface area contributed by atoms with Crippen LogP contribution in [0.15, 0.2) is 23.7 Å². The van der Waals surface area contributed by atoms with Gasteiger partial charge >= 0.3 is 0 Å². The van der Waals surface area contributed by atoms with E-state index in [1.165, 1.54) is 17.0 Å². The van der Waals surface area contributed by atoms with Crippen LogP contribution in [0.5, 0.6) is 5.75 Å². The number of likely N-dealkylation sites (tertiary alicyclic amines) is 1. The molecular weight excluding hydrogens is 380 g/mol. The molecule has 2 aromatic rings. The highest BCUT2D eigenvalue weighted by Gasteiger charge is 2.52. The lowest BCUT2D eigenvalue weighted by atomic mass is 9.70. The minimum atomic E-state index is -0.106. The molecule has 6 heteroatoms. The van der Waals surface area contributed by atoms with E-state index in [4.69, 9.17) is 21.1 Å². The number of piperidine rings is 1. The standard InChI is InChI=1S/C21H25ClN2O2S/c1-14-19(27-13-23-14)12-24-8-6-21(7-9-24)17-3-2-10-25-20(17)16-11-15(22)4-5-18(16)26-21/h4-5,11,13,17,20H,2-3,6-10,12H2,1H3/t17-,20+/m0/s1. The van der Waals surface area contributed by atoms with Crippen molar-refractivity contribution < 1.29 is 9.47 Å². The SMILES string of the molecule is Cc1ncsc1CN1CCC2(CC1)Oc1ccc(Cl)cc1[C@H]1OCCC[C@@H]12. The van der Waals surface area contributed by atoms with Gasteiger partial charge in [-0.3, -0.25) is 4.90 Å². The molecule has 1 aromatic heterocycles. The Morgan fingerprint density at radius 2 is 2.19 bits per heavy atom. The molecule has 0 amide bonds. The van der Waals surface area contributed by atoms with Crippen LogP contribution in [0, 0.1) is 12.8 Å². The second-order valence-electron chi connectivity index (χ2n) is 8.03. The van der Waals surface area contributed by atoms with Gasteiger partial charge in [0, 0.05) is 60.5 Å². The molecule has 3 aliphatic rings. The number of benzene rings is 1. The van der Waals surface area contributed by atoms with Crippen LogP contribution in [0.1, 0.15) is 47.9 Å². The number of thiazole rings is 1. The molecule has 2 atom stereocenters. The van der Waals surface area contributed by atoms with Crippen LogP contribution >= 0.6 is 22.9 Å². The number of fused-ring (bicyclic) bond motifs is 4. The van der Waals surface area contributed by atoms with Crippen molar-refractivity contribution in [3.8, 4) is 5.75 Å². The summed E-state index contributed by atoms with van der Waals surface area (Å²) in [6.07, 6.45) is 4.52. The molecule has 1 spiro atoms. The Hall–Kier alpha value is -1.14. The second-order valence-corrected chi connectivity index (χ2v) is 9.40. The van der Waals surface area contributed by atoms with Crippen LogP contribution in [0.25, 0.3) is 0 Å². The topological polar surface area (TPSA) is 34.6 Å². The minimum absolute atomic E-state index is 0.106. The van der Waals surface area contributed by atoms with E-state index in [2.05, 4.69) is 16.8 Å². The summed E-state index contributed by atoms with van der Waals surface area (Å²) in [6, 6.07) is 5.99. The lowest BCUT2D eigenvalue weighted by Gasteiger charge is -2.53. The fraction of sp³-hybridized carbons (Fsp3) is 0.571. The van der Waals surface area contributed by atoms with E-state index in [-0.39, 0.29) is 11.7 Å². The van der Waals surface area contributed by atoms with Gasteiger partial charge in [-0.2, -0.15) is 0 Å². The number of rotatable bonds is 2. The van der Waals surface area contributed by atoms with Gasteiger partial charge in [-0.25, -0.2) is 4.98 Å². The molecule has 0 bridgehead atoms. The monoisotopic (exact) mass is 404 g/mol. The fourth-order valence-corrected chi connectivity index (χ4v) is 6.00. The van der Waals surface area contributed by atoms with E-state index < -0.39 is 0 Å². The number of aryl methyl sites for hydroxylation is 1. The first-order chi connectivity index (χ1) is 13.1. The molecular formula is C21H25ClN2O2S. The number of hydrogen-bond acceptors (Lipinski definition) is 5. The molecule has 2 fully saturated rings. The maximum absolute atomic E-state index is 6.72. The molecule has 0 unspecified atom stereocenters. The molecule has 144 valence electrons. The molecule has 0 radical (unpaired) electrons. The average Bonchev–Trinajstić information content (AvgIpc) is 3.09. The third-order valence-electron chi connectivity index (χ3n) is 6.50. The molecule has 0 aliphatic carbocycles. The Labute approximate surface area is 169 Å². The highest BCUT2D eigenvalue weighted by molar-refractivity contribution is 7.09. The van der Waals surface area contributed by atoms with Gasteiger partial charge in [-0.1, -0.05) is 11.6 Å². The number of nitrogens with zero attached hydrogens (tertiary/aromatic N) is 2. The van der Waals surface area contributed by atoms with Gasteiger partial charge in [0.15, 0.2) is 0 Å². The first kappa shape index (κ1) is 17.9. The van der Waals surface area contributed by atoms with E-state index in [9.17, 15) is 0 Å². The Kier molecular flexibility index (Phi) is 4.67. The van der Waals surface area contributed by atoms with Gasteiger partial charge in [0.2, 0.25) is 0 Å². The van der Waals surface area contributed by atoms with Gasteiger partial charge in [-0.15, -0.1) is 11.3 Å². The van der Waals surface area contributed by atoms with Gasteiger partial charge < -0.3 is 9.47 Å². The van der Waals surface area contributed by atoms with E-state index in [0.717, 1.165) is 61.8 Å². The zero-order valence-electron chi connectivity index (χ0n) is 15.6. The summed E-state index contributed by atoms with van der Waals surface area (Å²) in [5.41, 5.74) is 4.15. The van der Waals surface area contributed by atoms with Crippen molar-refractivity contribution in [2.45, 2.75) is 50.9 Å². The number of aromatic nitrogens is 1. The van der Waals surface area contributed by atoms with Crippen molar-refractivity contribution in [1.29, 1.82) is 0 Å². The average molecular weight is 405 g/mol. The number of hydrogen-bond donors (Lipinski definition) is 0. The Bertz CT molecular complexity index is 831. The molecule has 4 heterocycles. The van der Waals surface area contributed by atoms with Gasteiger partial charge in [-0.05, 0) is 38.0 Å². The summed E-state index contributed by atoms with van der Waals surface area (Å²) >= 11 is 8.03. The largest absolute Gasteiger partial charge is 0.486 e. The normalized spacial score (nSPS) is 27.0. The van der Waals surface area contributed by atoms with Crippen molar-refractivity contribution in [1.82, 2.24) is 9.88 Å². The molecule has 0 N–H and O–H groups in total. The number of ether oxygens (including phenoxy) is 2. The zero-order valence-corrected chi connectivity index (χ0v) is 17.2. The van der Waals surface area contributed by atoms with Crippen LogP contribution in [0.3, 0.4) is 0 Å². The summed E-state index contributed by atoms with van der Waals surface area (Å²) < 4.78 is 13.0. The van der Waals surface area contributed by atoms with E-state index in [1.54, 1.807) is 11.3 Å². The van der Waals surface area contributed by atoms with Crippen molar-refractivity contribution in [2.75, 3.05) is 19.7 Å². The van der Waals surface area contributed by atoms with Crippen molar-refractivity contribution >= 4 is 22.9 Å². The fourth-order valence-electron chi connectivity index (χ4n) is 5.00. The zero-order chi connectivity index (χ0) is 18.4. The molecule has 5 rings (SSSR count). The Morgan fingerprint density at radius 3 is 2.96 bits per heavy atom. The van der Waals surface area contributed by atoms with Crippen molar-refractivity contribution in [3.63, 3.8) is 0 Å².